The molecule has 0 saturated carbocycles. The summed E-state index contributed by atoms with van der Waals surface area (Å²) < 4.78 is 4.87. The zero-order chi connectivity index (χ0) is 16.1. The number of halogens is 2. The number of carbonyl (C=O) groups excluding carboxylic acids is 1. The normalized spacial score (nSPS) is 13.5. The molecule has 4 nitrogen and oxygen atoms in total. The summed E-state index contributed by atoms with van der Waals surface area (Å²) in [6, 6.07) is 8.15. The number of benzene rings is 1. The lowest BCUT2D eigenvalue weighted by atomic mass is 10.0. The number of methoxy groups -OCH3 is 1. The minimum Gasteiger partial charge on any atom is -0.468 e. The van der Waals surface area contributed by atoms with Crippen molar-refractivity contribution in [3.63, 3.8) is 0 Å². The number of aromatic nitrogens is 1. The van der Waals surface area contributed by atoms with Crippen LogP contribution >= 0.6 is 23.2 Å². The second kappa shape index (κ2) is 7.58. The summed E-state index contributed by atoms with van der Waals surface area (Å²) in [5.74, 6) is -0.391. The summed E-state index contributed by atoms with van der Waals surface area (Å²) in [6.45, 7) is 1.91. The van der Waals surface area contributed by atoms with E-state index >= 15 is 0 Å². The van der Waals surface area contributed by atoms with Crippen LogP contribution in [0.3, 0.4) is 0 Å². The van der Waals surface area contributed by atoms with E-state index in [4.69, 9.17) is 27.9 Å². The van der Waals surface area contributed by atoms with Crippen molar-refractivity contribution in [3.8, 4) is 0 Å². The van der Waals surface area contributed by atoms with Crippen LogP contribution < -0.4 is 5.32 Å². The molecule has 0 radical (unpaired) electrons. The predicted molar refractivity (Wildman–Crippen MR) is 87.0 cm³/mol. The Hall–Kier alpha value is -1.62. The molecule has 0 aliphatic heterocycles. The monoisotopic (exact) mass is 338 g/mol. The van der Waals surface area contributed by atoms with Gasteiger partial charge in [0, 0.05) is 18.4 Å². The fourth-order valence-corrected chi connectivity index (χ4v) is 2.63. The SMILES string of the molecule is COC(=O)[C@@H](N[C@@H](C)c1cccc(Cl)c1Cl)c1cccnc1. The van der Waals surface area contributed by atoms with Gasteiger partial charge in [0.25, 0.3) is 0 Å². The predicted octanol–water partition coefficient (Wildman–Crippen LogP) is 3.95. The molecule has 0 unspecified atom stereocenters. The van der Waals surface area contributed by atoms with Gasteiger partial charge in [-0.05, 0) is 30.2 Å². The van der Waals surface area contributed by atoms with E-state index in [1.165, 1.54) is 7.11 Å². The van der Waals surface area contributed by atoms with E-state index in [-0.39, 0.29) is 6.04 Å². The van der Waals surface area contributed by atoms with Gasteiger partial charge in [-0.3, -0.25) is 10.3 Å². The Kier molecular flexibility index (Phi) is 5.77. The molecule has 2 atom stereocenters. The van der Waals surface area contributed by atoms with Crippen molar-refractivity contribution >= 4 is 29.2 Å². The minimum atomic E-state index is -0.635. The molecule has 0 fully saturated rings. The quantitative estimate of drug-likeness (QED) is 0.838. The molecule has 2 rings (SSSR count). The fraction of sp³-hybridized carbons (Fsp3) is 0.250. The topological polar surface area (TPSA) is 51.2 Å². The van der Waals surface area contributed by atoms with Gasteiger partial charge >= 0.3 is 5.97 Å². The molecular formula is C16H16Cl2N2O2. The summed E-state index contributed by atoms with van der Waals surface area (Å²) in [6.07, 6.45) is 3.27. The third kappa shape index (κ3) is 3.77. The highest BCUT2D eigenvalue weighted by molar-refractivity contribution is 6.42. The van der Waals surface area contributed by atoms with Gasteiger partial charge in [0.05, 0.1) is 17.2 Å². The van der Waals surface area contributed by atoms with Crippen molar-refractivity contribution < 1.29 is 9.53 Å². The Morgan fingerprint density at radius 2 is 2.05 bits per heavy atom. The Labute approximate surface area is 139 Å². The number of nitrogens with zero attached hydrogens (tertiary/aromatic N) is 1. The van der Waals surface area contributed by atoms with Gasteiger partial charge in [0.2, 0.25) is 0 Å². The van der Waals surface area contributed by atoms with Crippen LogP contribution in [-0.4, -0.2) is 18.1 Å². The zero-order valence-corrected chi connectivity index (χ0v) is 13.7. The Bertz CT molecular complexity index is 650. The summed E-state index contributed by atoms with van der Waals surface area (Å²) in [7, 11) is 1.35. The van der Waals surface area contributed by atoms with Crippen LogP contribution in [0, 0.1) is 0 Å². The van der Waals surface area contributed by atoms with Crippen LogP contribution in [0.2, 0.25) is 10.0 Å². The molecule has 1 heterocycles. The first-order valence-corrected chi connectivity index (χ1v) is 7.48. The Morgan fingerprint density at radius 3 is 2.68 bits per heavy atom. The average molecular weight is 339 g/mol. The second-order valence-corrected chi connectivity index (χ2v) is 5.56. The first-order valence-electron chi connectivity index (χ1n) is 6.72. The Morgan fingerprint density at radius 1 is 1.27 bits per heavy atom. The lowest BCUT2D eigenvalue weighted by molar-refractivity contribution is -0.143. The van der Waals surface area contributed by atoms with E-state index in [1.807, 2.05) is 25.1 Å². The maximum absolute atomic E-state index is 12.1. The molecule has 22 heavy (non-hydrogen) atoms. The molecule has 0 saturated heterocycles. The van der Waals surface area contributed by atoms with Gasteiger partial charge in [-0.1, -0.05) is 41.4 Å². The minimum absolute atomic E-state index is 0.199. The van der Waals surface area contributed by atoms with Gasteiger partial charge in [-0.15, -0.1) is 0 Å². The molecule has 0 spiro atoms. The Balaban J connectivity index is 2.27. The van der Waals surface area contributed by atoms with Crippen molar-refractivity contribution in [2.45, 2.75) is 19.0 Å². The van der Waals surface area contributed by atoms with Crippen LogP contribution in [0.5, 0.6) is 0 Å². The number of ether oxygens (including phenoxy) is 1. The first kappa shape index (κ1) is 16.7. The molecular weight excluding hydrogens is 323 g/mol. The third-order valence-electron chi connectivity index (χ3n) is 3.32. The molecule has 1 aromatic carbocycles. The summed E-state index contributed by atoms with van der Waals surface area (Å²) in [5, 5.41) is 4.16. The maximum atomic E-state index is 12.1. The summed E-state index contributed by atoms with van der Waals surface area (Å²) in [5.41, 5.74) is 1.53. The average Bonchev–Trinajstić information content (AvgIpc) is 2.55. The van der Waals surface area contributed by atoms with Crippen LogP contribution in [0.1, 0.15) is 30.1 Å². The van der Waals surface area contributed by atoms with Crippen LogP contribution in [0.25, 0.3) is 0 Å². The van der Waals surface area contributed by atoms with Crippen molar-refractivity contribution in [1.82, 2.24) is 10.3 Å². The van der Waals surface area contributed by atoms with Crippen molar-refractivity contribution in [3.05, 3.63) is 63.9 Å². The van der Waals surface area contributed by atoms with Gasteiger partial charge in [-0.2, -0.15) is 0 Å². The second-order valence-electron chi connectivity index (χ2n) is 4.77. The highest BCUT2D eigenvalue weighted by atomic mass is 35.5. The molecule has 0 bridgehead atoms. The number of hydrogen-bond acceptors (Lipinski definition) is 4. The molecule has 0 amide bonds. The summed E-state index contributed by atoms with van der Waals surface area (Å²) >= 11 is 12.3. The largest absolute Gasteiger partial charge is 0.468 e. The molecule has 2 aromatic rings. The molecule has 0 aliphatic rings. The van der Waals surface area contributed by atoms with Crippen LogP contribution in [-0.2, 0) is 9.53 Å². The molecule has 6 heteroatoms. The number of carbonyl (C=O) groups is 1. The van der Waals surface area contributed by atoms with Crippen LogP contribution in [0.4, 0.5) is 0 Å². The lowest BCUT2D eigenvalue weighted by Crippen LogP contribution is -2.32. The molecule has 116 valence electrons. The van der Waals surface area contributed by atoms with Crippen LogP contribution in [0.15, 0.2) is 42.7 Å². The maximum Gasteiger partial charge on any atom is 0.327 e. The van der Waals surface area contributed by atoms with Crippen molar-refractivity contribution in [2.24, 2.45) is 0 Å². The smallest absolute Gasteiger partial charge is 0.327 e. The molecule has 1 N–H and O–H groups in total. The van der Waals surface area contributed by atoms with Crippen molar-refractivity contribution in [2.75, 3.05) is 7.11 Å². The van der Waals surface area contributed by atoms with Gasteiger partial charge < -0.3 is 4.74 Å². The van der Waals surface area contributed by atoms with E-state index in [0.717, 1.165) is 11.1 Å². The van der Waals surface area contributed by atoms with E-state index in [9.17, 15) is 4.79 Å². The summed E-state index contributed by atoms with van der Waals surface area (Å²) in [4.78, 5) is 16.1. The zero-order valence-electron chi connectivity index (χ0n) is 12.2. The molecule has 1 aromatic heterocycles. The lowest BCUT2D eigenvalue weighted by Gasteiger charge is -2.22. The number of pyridine rings is 1. The van der Waals surface area contributed by atoms with E-state index in [1.54, 1.807) is 24.5 Å². The van der Waals surface area contributed by atoms with Gasteiger partial charge in [-0.25, -0.2) is 4.79 Å². The standard InChI is InChI=1S/C16H16Cl2N2O2/c1-10(12-6-3-7-13(17)14(12)18)20-15(16(21)22-2)11-5-4-8-19-9-11/h3-10,15,20H,1-2H3/t10-,15-/m0/s1. The van der Waals surface area contributed by atoms with Gasteiger partial charge in [0.1, 0.15) is 6.04 Å². The van der Waals surface area contributed by atoms with Crippen molar-refractivity contribution in [1.29, 1.82) is 0 Å². The van der Waals surface area contributed by atoms with E-state index in [2.05, 4.69) is 10.3 Å². The number of nitrogens with one attached hydrogen (secondary N) is 1. The number of hydrogen-bond donors (Lipinski definition) is 1. The number of esters is 1. The highest BCUT2D eigenvalue weighted by Gasteiger charge is 2.24. The number of rotatable bonds is 5. The van der Waals surface area contributed by atoms with Gasteiger partial charge in [0.15, 0.2) is 0 Å². The molecule has 0 aliphatic carbocycles. The van der Waals surface area contributed by atoms with E-state index < -0.39 is 12.0 Å². The fourth-order valence-electron chi connectivity index (χ4n) is 2.16. The van der Waals surface area contributed by atoms with E-state index in [0.29, 0.717) is 10.0 Å². The highest BCUT2D eigenvalue weighted by Crippen LogP contribution is 2.31. The first-order chi connectivity index (χ1) is 10.5. The third-order valence-corrected chi connectivity index (χ3v) is 4.15.